The maximum absolute atomic E-state index is 6.34. The van der Waals surface area contributed by atoms with Crippen LogP contribution < -0.4 is 10.5 Å². The Bertz CT molecular complexity index is 1280. The fourth-order valence-corrected chi connectivity index (χ4v) is 3.60. The van der Waals surface area contributed by atoms with Crippen LogP contribution in [0.4, 0.5) is 0 Å². The van der Waals surface area contributed by atoms with Crippen LogP contribution >= 0.6 is 0 Å². The molecule has 5 aromatic rings. The van der Waals surface area contributed by atoms with Crippen LogP contribution in [0, 0.1) is 0 Å². The summed E-state index contributed by atoms with van der Waals surface area (Å²) in [5, 5.41) is 15.2. The van der Waals surface area contributed by atoms with Crippen molar-refractivity contribution >= 4 is 10.9 Å². The van der Waals surface area contributed by atoms with Gasteiger partial charge >= 0.3 is 0 Å². The van der Waals surface area contributed by atoms with Gasteiger partial charge in [0.05, 0.1) is 6.20 Å². The Labute approximate surface area is 178 Å². The maximum Gasteiger partial charge on any atom is 0.204 e. The third kappa shape index (κ3) is 4.15. The van der Waals surface area contributed by atoms with Crippen molar-refractivity contribution in [3.63, 3.8) is 0 Å². The molecular formula is C23H21N7O. The van der Waals surface area contributed by atoms with Crippen LogP contribution in [0.1, 0.15) is 5.56 Å². The van der Waals surface area contributed by atoms with E-state index in [1.54, 1.807) is 6.20 Å². The summed E-state index contributed by atoms with van der Waals surface area (Å²) in [6, 6.07) is 17.9. The zero-order valence-electron chi connectivity index (χ0n) is 16.7. The molecule has 0 saturated heterocycles. The number of para-hydroxylation sites is 1. The van der Waals surface area contributed by atoms with Crippen LogP contribution in [0.15, 0.2) is 73.2 Å². The summed E-state index contributed by atoms with van der Waals surface area (Å²) < 4.78 is 5.94. The summed E-state index contributed by atoms with van der Waals surface area (Å²) in [5.74, 6) is 1.25. The number of nitrogens with zero attached hydrogens (tertiary/aromatic N) is 4. The summed E-state index contributed by atoms with van der Waals surface area (Å²) in [5.41, 5.74) is 11.5. The standard InChI is InChI=1S/C23H21N7O/c24-19(9-18-12-26-22-4-2-1-3-21(18)22)14-31-20-10-17(11-25-13-20)15-5-7-16(8-6-15)23-27-29-30-28-23/h1-8,10-13,19,26H,9,14,24H2,(H,27,28,29,30). The minimum absolute atomic E-state index is 0.128. The Morgan fingerprint density at radius 1 is 0.968 bits per heavy atom. The highest BCUT2D eigenvalue weighted by atomic mass is 16.5. The van der Waals surface area contributed by atoms with E-state index in [2.05, 4.69) is 42.7 Å². The second kappa shape index (κ2) is 8.37. The molecule has 3 heterocycles. The van der Waals surface area contributed by atoms with Crippen LogP contribution in [0.3, 0.4) is 0 Å². The molecule has 0 saturated carbocycles. The number of H-pyrrole nitrogens is 2. The first-order valence-corrected chi connectivity index (χ1v) is 9.99. The number of hydrogen-bond acceptors (Lipinski definition) is 6. The van der Waals surface area contributed by atoms with Gasteiger partial charge in [-0.25, -0.2) is 0 Å². The predicted octanol–water partition coefficient (Wildman–Crippen LogP) is 3.36. The van der Waals surface area contributed by atoms with E-state index in [0.29, 0.717) is 18.2 Å². The molecule has 5 rings (SSSR count). The Kier molecular flexibility index (Phi) is 5.12. The molecular weight excluding hydrogens is 390 g/mol. The monoisotopic (exact) mass is 411 g/mol. The van der Waals surface area contributed by atoms with Crippen molar-refractivity contribution in [2.45, 2.75) is 12.5 Å². The number of hydrogen-bond donors (Lipinski definition) is 3. The molecule has 1 atom stereocenters. The van der Waals surface area contributed by atoms with E-state index in [-0.39, 0.29) is 6.04 Å². The number of nitrogens with one attached hydrogen (secondary N) is 2. The zero-order valence-corrected chi connectivity index (χ0v) is 16.7. The maximum atomic E-state index is 6.34. The van der Waals surface area contributed by atoms with Crippen molar-refractivity contribution in [2.24, 2.45) is 5.73 Å². The lowest BCUT2D eigenvalue weighted by atomic mass is 10.1. The van der Waals surface area contributed by atoms with Gasteiger partial charge in [0.15, 0.2) is 0 Å². The van der Waals surface area contributed by atoms with Crippen molar-refractivity contribution in [3.8, 4) is 28.3 Å². The van der Waals surface area contributed by atoms with Crippen molar-refractivity contribution < 1.29 is 4.74 Å². The molecule has 0 fully saturated rings. The average molecular weight is 411 g/mol. The van der Waals surface area contributed by atoms with Gasteiger partial charge in [-0.3, -0.25) is 4.98 Å². The molecule has 4 N–H and O–H groups in total. The lowest BCUT2D eigenvalue weighted by Crippen LogP contribution is -2.30. The fourth-order valence-electron chi connectivity index (χ4n) is 3.60. The topological polar surface area (TPSA) is 118 Å². The van der Waals surface area contributed by atoms with Crippen LogP contribution in [0.25, 0.3) is 33.4 Å². The van der Waals surface area contributed by atoms with Gasteiger partial charge in [0.2, 0.25) is 5.82 Å². The van der Waals surface area contributed by atoms with Gasteiger partial charge < -0.3 is 15.5 Å². The average Bonchev–Trinajstić information content (AvgIpc) is 3.49. The number of rotatable bonds is 7. The second-order valence-corrected chi connectivity index (χ2v) is 7.36. The van der Waals surface area contributed by atoms with E-state index in [1.165, 1.54) is 10.9 Å². The van der Waals surface area contributed by atoms with Crippen LogP contribution in [0.5, 0.6) is 5.75 Å². The highest BCUT2D eigenvalue weighted by Gasteiger charge is 2.10. The Balaban J connectivity index is 1.24. The Hall–Kier alpha value is -4.04. The van der Waals surface area contributed by atoms with Crippen LogP contribution in [-0.4, -0.2) is 43.2 Å². The van der Waals surface area contributed by atoms with Gasteiger partial charge in [0.1, 0.15) is 12.4 Å². The number of pyridine rings is 1. The lowest BCUT2D eigenvalue weighted by molar-refractivity contribution is 0.287. The highest BCUT2D eigenvalue weighted by molar-refractivity contribution is 5.83. The molecule has 31 heavy (non-hydrogen) atoms. The molecule has 0 aliphatic carbocycles. The van der Waals surface area contributed by atoms with Gasteiger partial charge in [0.25, 0.3) is 0 Å². The van der Waals surface area contributed by atoms with E-state index >= 15 is 0 Å². The van der Waals surface area contributed by atoms with E-state index in [1.807, 2.05) is 54.9 Å². The van der Waals surface area contributed by atoms with Crippen molar-refractivity contribution in [1.29, 1.82) is 0 Å². The Morgan fingerprint density at radius 2 is 1.81 bits per heavy atom. The van der Waals surface area contributed by atoms with E-state index in [9.17, 15) is 0 Å². The molecule has 2 aromatic carbocycles. The predicted molar refractivity (Wildman–Crippen MR) is 118 cm³/mol. The first kappa shape index (κ1) is 19.0. The SMILES string of the molecule is NC(COc1cncc(-c2ccc(-c3nn[nH]n3)cc2)c1)Cc1c[nH]c2ccccc12. The number of tetrazole rings is 1. The molecule has 0 amide bonds. The number of aromatic amines is 2. The fraction of sp³-hybridized carbons (Fsp3) is 0.130. The largest absolute Gasteiger partial charge is 0.490 e. The second-order valence-electron chi connectivity index (χ2n) is 7.36. The molecule has 8 heteroatoms. The molecule has 154 valence electrons. The normalized spacial score (nSPS) is 12.2. The third-order valence-corrected chi connectivity index (χ3v) is 5.16. The number of aromatic nitrogens is 6. The first-order valence-electron chi connectivity index (χ1n) is 9.99. The first-order chi connectivity index (χ1) is 15.3. The van der Waals surface area contributed by atoms with Gasteiger partial charge in [-0.2, -0.15) is 5.21 Å². The molecule has 0 aliphatic heterocycles. The Morgan fingerprint density at radius 3 is 2.65 bits per heavy atom. The number of benzene rings is 2. The highest BCUT2D eigenvalue weighted by Crippen LogP contribution is 2.25. The molecule has 0 radical (unpaired) electrons. The van der Waals surface area contributed by atoms with E-state index in [4.69, 9.17) is 10.5 Å². The van der Waals surface area contributed by atoms with Crippen LogP contribution in [-0.2, 0) is 6.42 Å². The van der Waals surface area contributed by atoms with Crippen molar-refractivity contribution in [2.75, 3.05) is 6.61 Å². The molecule has 3 aromatic heterocycles. The van der Waals surface area contributed by atoms with Gasteiger partial charge in [-0.05, 0) is 34.9 Å². The molecule has 0 aliphatic rings. The minimum atomic E-state index is -0.128. The summed E-state index contributed by atoms with van der Waals surface area (Å²) >= 11 is 0. The number of ether oxygens (including phenoxy) is 1. The molecule has 0 bridgehead atoms. The van der Waals surface area contributed by atoms with E-state index in [0.717, 1.165) is 28.6 Å². The number of nitrogens with two attached hydrogens (primary N) is 1. The van der Waals surface area contributed by atoms with E-state index < -0.39 is 0 Å². The summed E-state index contributed by atoms with van der Waals surface area (Å²) in [6.45, 7) is 0.404. The summed E-state index contributed by atoms with van der Waals surface area (Å²) in [6.07, 6.45) is 6.26. The lowest BCUT2D eigenvalue weighted by Gasteiger charge is -2.13. The molecule has 8 nitrogen and oxygen atoms in total. The van der Waals surface area contributed by atoms with Gasteiger partial charge in [0, 0.05) is 40.5 Å². The zero-order chi connectivity index (χ0) is 21.0. The van der Waals surface area contributed by atoms with Crippen molar-refractivity contribution in [3.05, 3.63) is 78.8 Å². The number of fused-ring (bicyclic) bond motifs is 1. The summed E-state index contributed by atoms with van der Waals surface area (Å²) in [4.78, 5) is 7.60. The van der Waals surface area contributed by atoms with Gasteiger partial charge in [-0.15, -0.1) is 10.2 Å². The van der Waals surface area contributed by atoms with Gasteiger partial charge in [-0.1, -0.05) is 42.5 Å². The minimum Gasteiger partial charge on any atom is -0.490 e. The molecule has 1 unspecified atom stereocenters. The quantitative estimate of drug-likeness (QED) is 0.378. The molecule has 0 spiro atoms. The smallest absolute Gasteiger partial charge is 0.204 e. The summed E-state index contributed by atoms with van der Waals surface area (Å²) in [7, 11) is 0. The van der Waals surface area contributed by atoms with Crippen LogP contribution in [0.2, 0.25) is 0 Å². The third-order valence-electron chi connectivity index (χ3n) is 5.16. The van der Waals surface area contributed by atoms with Crippen molar-refractivity contribution in [1.82, 2.24) is 30.6 Å².